The van der Waals surface area contributed by atoms with Crippen LogP contribution in [0.3, 0.4) is 0 Å². The summed E-state index contributed by atoms with van der Waals surface area (Å²) in [6, 6.07) is -2.26. The number of rotatable bonds is 7. The highest BCUT2D eigenvalue weighted by atomic mass is 16.4. The molecule has 0 aromatic heterocycles. The fourth-order valence-electron chi connectivity index (χ4n) is 1.38. The Bertz CT molecular complexity index is 393. The number of primary amides is 2. The van der Waals surface area contributed by atoms with E-state index in [0.29, 0.717) is 0 Å². The van der Waals surface area contributed by atoms with Crippen molar-refractivity contribution in [2.75, 3.05) is 0 Å². The van der Waals surface area contributed by atoms with Crippen LogP contribution in [0.4, 0.5) is 4.79 Å². The molecule has 0 unspecified atom stereocenters. The Hall–Kier alpha value is -2.32. The van der Waals surface area contributed by atoms with Crippen LogP contribution in [0.15, 0.2) is 0 Å². The van der Waals surface area contributed by atoms with E-state index in [1.807, 2.05) is 0 Å². The molecule has 0 heterocycles. The minimum atomic E-state index is -1.43. The van der Waals surface area contributed by atoms with Crippen LogP contribution in [0, 0.1) is 0 Å². The van der Waals surface area contributed by atoms with Gasteiger partial charge in [-0.25, -0.2) is 9.59 Å². The van der Waals surface area contributed by atoms with Crippen molar-refractivity contribution >= 4 is 23.8 Å². The van der Waals surface area contributed by atoms with Gasteiger partial charge in [0, 0.05) is 12.0 Å². The van der Waals surface area contributed by atoms with Gasteiger partial charge in [0.2, 0.25) is 11.8 Å². The molecule has 0 aromatic carbocycles. The predicted molar refractivity (Wildman–Crippen MR) is 64.8 cm³/mol. The zero-order valence-corrected chi connectivity index (χ0v) is 10.7. The SMILES string of the molecule is CC(C)(CC(N)=O)NC(=O)N[C@@H](CC(N)=O)C(=O)O. The number of carboxylic acids is 1. The minimum absolute atomic E-state index is 0.117. The summed E-state index contributed by atoms with van der Waals surface area (Å²) < 4.78 is 0. The Morgan fingerprint density at radius 2 is 1.68 bits per heavy atom. The molecule has 9 heteroatoms. The summed E-state index contributed by atoms with van der Waals surface area (Å²) in [6.45, 7) is 3.09. The molecule has 9 nitrogen and oxygen atoms in total. The van der Waals surface area contributed by atoms with Crippen LogP contribution < -0.4 is 22.1 Å². The fraction of sp³-hybridized carbons (Fsp3) is 0.600. The van der Waals surface area contributed by atoms with E-state index in [9.17, 15) is 19.2 Å². The number of hydrogen-bond acceptors (Lipinski definition) is 4. The van der Waals surface area contributed by atoms with Gasteiger partial charge in [-0.05, 0) is 13.8 Å². The lowest BCUT2D eigenvalue weighted by atomic mass is 10.0. The molecule has 0 aliphatic rings. The standard InChI is InChI=1S/C10H18N4O5/c1-10(2,4-7(12)16)14-9(19)13-5(8(17)18)3-6(11)15/h5H,3-4H2,1-2H3,(H2,11,15)(H2,12,16)(H,17,18)(H2,13,14,19)/t5-/m0/s1. The topological polar surface area (TPSA) is 165 Å². The van der Waals surface area contributed by atoms with Crippen LogP contribution in [-0.4, -0.2) is 40.5 Å². The van der Waals surface area contributed by atoms with Gasteiger partial charge in [0.25, 0.3) is 0 Å². The molecular weight excluding hydrogens is 256 g/mol. The van der Waals surface area contributed by atoms with E-state index in [0.717, 1.165) is 0 Å². The molecule has 0 aliphatic carbocycles. The first kappa shape index (κ1) is 16.7. The molecule has 0 aromatic rings. The Balaban J connectivity index is 4.53. The van der Waals surface area contributed by atoms with E-state index in [1.165, 1.54) is 0 Å². The van der Waals surface area contributed by atoms with Gasteiger partial charge in [0.05, 0.1) is 6.42 Å². The molecule has 0 spiro atoms. The van der Waals surface area contributed by atoms with Gasteiger partial charge in [0.15, 0.2) is 0 Å². The average Bonchev–Trinajstić information content (AvgIpc) is 2.11. The molecule has 4 amide bonds. The fourth-order valence-corrected chi connectivity index (χ4v) is 1.38. The molecular formula is C10H18N4O5. The third kappa shape index (κ3) is 7.58. The second-order valence-electron chi connectivity index (χ2n) is 4.69. The predicted octanol–water partition coefficient (Wildman–Crippen LogP) is -1.73. The first-order valence-electron chi connectivity index (χ1n) is 5.41. The van der Waals surface area contributed by atoms with E-state index in [4.69, 9.17) is 16.6 Å². The van der Waals surface area contributed by atoms with E-state index < -0.39 is 41.8 Å². The maximum atomic E-state index is 11.5. The normalized spacial score (nSPS) is 12.3. The molecule has 0 bridgehead atoms. The molecule has 1 atom stereocenters. The van der Waals surface area contributed by atoms with E-state index in [1.54, 1.807) is 13.8 Å². The third-order valence-electron chi connectivity index (χ3n) is 2.08. The van der Waals surface area contributed by atoms with Crippen molar-refractivity contribution < 1.29 is 24.3 Å². The maximum Gasteiger partial charge on any atom is 0.326 e. The number of nitrogens with two attached hydrogens (primary N) is 2. The molecule has 0 saturated heterocycles. The Labute approximate surface area is 109 Å². The number of nitrogens with one attached hydrogen (secondary N) is 2. The first-order chi connectivity index (χ1) is 8.53. The number of amides is 4. The molecule has 0 aliphatic heterocycles. The molecule has 19 heavy (non-hydrogen) atoms. The molecule has 0 radical (unpaired) electrons. The van der Waals surface area contributed by atoms with Crippen LogP contribution in [0.2, 0.25) is 0 Å². The van der Waals surface area contributed by atoms with E-state index in [2.05, 4.69) is 10.6 Å². The van der Waals surface area contributed by atoms with E-state index >= 15 is 0 Å². The van der Waals surface area contributed by atoms with Crippen molar-refractivity contribution in [3.05, 3.63) is 0 Å². The zero-order valence-electron chi connectivity index (χ0n) is 10.7. The highest BCUT2D eigenvalue weighted by Gasteiger charge is 2.26. The lowest BCUT2D eigenvalue weighted by Crippen LogP contribution is -2.54. The minimum Gasteiger partial charge on any atom is -0.480 e. The van der Waals surface area contributed by atoms with Crippen molar-refractivity contribution in [1.29, 1.82) is 0 Å². The van der Waals surface area contributed by atoms with Crippen molar-refractivity contribution in [2.24, 2.45) is 11.5 Å². The summed E-state index contributed by atoms with van der Waals surface area (Å²) in [4.78, 5) is 43.8. The Kier molecular flexibility index (Phi) is 5.77. The highest BCUT2D eigenvalue weighted by Crippen LogP contribution is 2.07. The zero-order chi connectivity index (χ0) is 15.2. The van der Waals surface area contributed by atoms with Gasteiger partial charge in [-0.15, -0.1) is 0 Å². The van der Waals surface area contributed by atoms with Gasteiger partial charge >= 0.3 is 12.0 Å². The Morgan fingerprint density at radius 1 is 1.16 bits per heavy atom. The lowest BCUT2D eigenvalue weighted by Gasteiger charge is -2.25. The van der Waals surface area contributed by atoms with Crippen molar-refractivity contribution in [3.8, 4) is 0 Å². The second-order valence-corrected chi connectivity index (χ2v) is 4.69. The summed E-state index contributed by atoms with van der Waals surface area (Å²) in [5.41, 5.74) is 8.93. The van der Waals surface area contributed by atoms with Crippen LogP contribution in [-0.2, 0) is 14.4 Å². The van der Waals surface area contributed by atoms with Gasteiger partial charge < -0.3 is 27.2 Å². The molecule has 0 fully saturated rings. The number of carbonyl (C=O) groups excluding carboxylic acids is 3. The Morgan fingerprint density at radius 3 is 2.05 bits per heavy atom. The van der Waals surface area contributed by atoms with Crippen molar-refractivity contribution in [1.82, 2.24) is 10.6 Å². The third-order valence-corrected chi connectivity index (χ3v) is 2.08. The lowest BCUT2D eigenvalue weighted by molar-refractivity contribution is -0.140. The monoisotopic (exact) mass is 274 g/mol. The summed E-state index contributed by atoms with van der Waals surface area (Å²) in [5, 5.41) is 13.2. The summed E-state index contributed by atoms with van der Waals surface area (Å²) >= 11 is 0. The summed E-state index contributed by atoms with van der Waals surface area (Å²) in [5.74, 6) is -2.86. The van der Waals surface area contributed by atoms with Crippen molar-refractivity contribution in [2.45, 2.75) is 38.3 Å². The molecule has 108 valence electrons. The summed E-state index contributed by atoms with van der Waals surface area (Å²) in [7, 11) is 0. The number of hydrogen-bond donors (Lipinski definition) is 5. The first-order valence-corrected chi connectivity index (χ1v) is 5.41. The van der Waals surface area contributed by atoms with Crippen LogP contribution in [0.25, 0.3) is 0 Å². The molecule has 0 rings (SSSR count). The van der Waals surface area contributed by atoms with E-state index in [-0.39, 0.29) is 6.42 Å². The van der Waals surface area contributed by atoms with Crippen molar-refractivity contribution in [3.63, 3.8) is 0 Å². The second kappa shape index (κ2) is 6.57. The number of carbonyl (C=O) groups is 4. The number of carboxylic acid groups (broad SMARTS) is 1. The average molecular weight is 274 g/mol. The van der Waals surface area contributed by atoms with Gasteiger partial charge in [-0.3, -0.25) is 9.59 Å². The smallest absolute Gasteiger partial charge is 0.326 e. The molecule has 0 saturated carbocycles. The quantitative estimate of drug-likeness (QED) is 0.371. The largest absolute Gasteiger partial charge is 0.480 e. The highest BCUT2D eigenvalue weighted by molar-refractivity contribution is 5.88. The maximum absolute atomic E-state index is 11.5. The molecule has 7 N–H and O–H groups in total. The van der Waals surface area contributed by atoms with Gasteiger partial charge in [-0.2, -0.15) is 0 Å². The number of aliphatic carboxylic acids is 1. The van der Waals surface area contributed by atoms with Crippen LogP contribution >= 0.6 is 0 Å². The number of urea groups is 1. The van der Waals surface area contributed by atoms with Crippen LogP contribution in [0.5, 0.6) is 0 Å². The van der Waals surface area contributed by atoms with Crippen LogP contribution in [0.1, 0.15) is 26.7 Å². The van der Waals surface area contributed by atoms with Gasteiger partial charge in [-0.1, -0.05) is 0 Å². The summed E-state index contributed by atoms with van der Waals surface area (Å²) in [6.07, 6.45) is -0.646. The van der Waals surface area contributed by atoms with Gasteiger partial charge in [0.1, 0.15) is 6.04 Å².